The lowest BCUT2D eigenvalue weighted by Gasteiger charge is -2.38. The fourth-order valence-corrected chi connectivity index (χ4v) is 2.29. The molecule has 2 N–H and O–H groups in total. The van der Waals surface area contributed by atoms with Crippen molar-refractivity contribution in [2.24, 2.45) is 5.73 Å². The highest BCUT2D eigenvalue weighted by Crippen LogP contribution is 2.34. The van der Waals surface area contributed by atoms with E-state index < -0.39 is 5.54 Å². The molecule has 2 rings (SSSR count). The van der Waals surface area contributed by atoms with Gasteiger partial charge in [-0.3, -0.25) is 9.69 Å². The molecule has 0 aromatic rings. The molecular formula is C12H23N3O. The molecule has 92 valence electrons. The van der Waals surface area contributed by atoms with E-state index in [-0.39, 0.29) is 5.91 Å². The zero-order chi connectivity index (χ0) is 11.8. The van der Waals surface area contributed by atoms with Crippen molar-refractivity contribution in [3.8, 4) is 0 Å². The van der Waals surface area contributed by atoms with Gasteiger partial charge in [0, 0.05) is 32.2 Å². The molecule has 2 aliphatic rings. The number of nitrogens with zero attached hydrogens (tertiary/aromatic N) is 2. The minimum absolute atomic E-state index is 0.177. The average Bonchev–Trinajstić information content (AvgIpc) is 3.07. The summed E-state index contributed by atoms with van der Waals surface area (Å²) in [6.07, 6.45) is 2.92. The summed E-state index contributed by atoms with van der Waals surface area (Å²) in [6, 6.07) is 0.630. The molecule has 1 saturated heterocycles. The van der Waals surface area contributed by atoms with Crippen LogP contribution in [0.4, 0.5) is 0 Å². The van der Waals surface area contributed by atoms with Crippen LogP contribution >= 0.6 is 0 Å². The Hall–Kier alpha value is -0.610. The van der Waals surface area contributed by atoms with Gasteiger partial charge in [-0.15, -0.1) is 0 Å². The first-order chi connectivity index (χ1) is 7.57. The van der Waals surface area contributed by atoms with Gasteiger partial charge in [0.05, 0.1) is 5.54 Å². The Balaban J connectivity index is 1.83. The van der Waals surface area contributed by atoms with Crippen molar-refractivity contribution >= 4 is 5.91 Å². The van der Waals surface area contributed by atoms with Crippen LogP contribution in [0.1, 0.15) is 33.1 Å². The predicted octanol–water partition coefficient (Wildman–Crippen LogP) is 0.420. The fourth-order valence-electron chi connectivity index (χ4n) is 2.29. The third kappa shape index (κ3) is 2.23. The van der Waals surface area contributed by atoms with E-state index in [1.807, 2.05) is 4.90 Å². The molecule has 0 aromatic heterocycles. The third-order valence-corrected chi connectivity index (χ3v) is 4.03. The SMILES string of the molecule is CCC(C)N1CCN(C(=O)C2(N)CC2)CC1. The van der Waals surface area contributed by atoms with Gasteiger partial charge in [0.25, 0.3) is 0 Å². The van der Waals surface area contributed by atoms with E-state index in [1.54, 1.807) is 0 Å². The summed E-state index contributed by atoms with van der Waals surface area (Å²) in [6.45, 7) is 8.15. The van der Waals surface area contributed by atoms with Crippen molar-refractivity contribution in [1.82, 2.24) is 9.80 Å². The summed E-state index contributed by atoms with van der Waals surface area (Å²) in [5, 5.41) is 0. The van der Waals surface area contributed by atoms with Gasteiger partial charge >= 0.3 is 0 Å². The minimum atomic E-state index is -0.488. The zero-order valence-corrected chi connectivity index (χ0v) is 10.4. The topological polar surface area (TPSA) is 49.6 Å². The predicted molar refractivity (Wildman–Crippen MR) is 64.1 cm³/mol. The van der Waals surface area contributed by atoms with Gasteiger partial charge < -0.3 is 10.6 Å². The number of carbonyl (C=O) groups excluding carboxylic acids is 1. The maximum absolute atomic E-state index is 12.0. The van der Waals surface area contributed by atoms with E-state index in [0.29, 0.717) is 6.04 Å². The van der Waals surface area contributed by atoms with E-state index in [1.165, 1.54) is 6.42 Å². The number of carbonyl (C=O) groups is 1. The molecule has 0 aromatic carbocycles. The molecule has 0 radical (unpaired) electrons. The zero-order valence-electron chi connectivity index (χ0n) is 10.4. The number of piperazine rings is 1. The molecule has 1 unspecified atom stereocenters. The Kier molecular flexibility index (Phi) is 3.22. The van der Waals surface area contributed by atoms with Crippen molar-refractivity contribution in [3.05, 3.63) is 0 Å². The number of hydrogen-bond donors (Lipinski definition) is 1. The standard InChI is InChI=1S/C12H23N3O/c1-3-10(2)14-6-8-15(9-7-14)11(16)12(13)4-5-12/h10H,3-9,13H2,1-2H3. The van der Waals surface area contributed by atoms with Crippen LogP contribution in [0.25, 0.3) is 0 Å². The van der Waals surface area contributed by atoms with Crippen LogP contribution in [0.3, 0.4) is 0 Å². The molecule has 1 atom stereocenters. The van der Waals surface area contributed by atoms with Gasteiger partial charge in [0.2, 0.25) is 5.91 Å². The highest BCUT2D eigenvalue weighted by Gasteiger charge is 2.48. The van der Waals surface area contributed by atoms with Gasteiger partial charge in [0.1, 0.15) is 0 Å². The van der Waals surface area contributed by atoms with Crippen molar-refractivity contribution in [3.63, 3.8) is 0 Å². The Bertz CT molecular complexity index is 267. The minimum Gasteiger partial charge on any atom is -0.339 e. The van der Waals surface area contributed by atoms with Crippen LogP contribution in [0.5, 0.6) is 0 Å². The molecule has 4 nitrogen and oxygen atoms in total. The molecule has 1 aliphatic heterocycles. The third-order valence-electron chi connectivity index (χ3n) is 4.03. The molecule has 1 amide bonds. The summed E-state index contributed by atoms with van der Waals surface area (Å²) >= 11 is 0. The first-order valence-corrected chi connectivity index (χ1v) is 6.39. The summed E-state index contributed by atoms with van der Waals surface area (Å²) in [4.78, 5) is 16.4. The molecule has 0 spiro atoms. The Morgan fingerprint density at radius 2 is 1.88 bits per heavy atom. The molecule has 1 heterocycles. The maximum atomic E-state index is 12.0. The second kappa shape index (κ2) is 4.34. The number of nitrogens with two attached hydrogens (primary N) is 1. The summed E-state index contributed by atoms with van der Waals surface area (Å²) in [5.41, 5.74) is 5.45. The van der Waals surface area contributed by atoms with Gasteiger partial charge in [0.15, 0.2) is 0 Å². The summed E-state index contributed by atoms with van der Waals surface area (Å²) in [5.74, 6) is 0.177. The lowest BCUT2D eigenvalue weighted by molar-refractivity contribution is -0.135. The molecule has 4 heteroatoms. The second-order valence-electron chi connectivity index (χ2n) is 5.24. The smallest absolute Gasteiger partial charge is 0.242 e. The number of rotatable bonds is 3. The van der Waals surface area contributed by atoms with E-state index in [2.05, 4.69) is 18.7 Å². The van der Waals surface area contributed by atoms with Crippen molar-refractivity contribution < 1.29 is 4.79 Å². The first-order valence-electron chi connectivity index (χ1n) is 6.39. The lowest BCUT2D eigenvalue weighted by Crippen LogP contribution is -2.55. The molecular weight excluding hydrogens is 202 g/mol. The first kappa shape index (κ1) is 11.9. The maximum Gasteiger partial charge on any atom is 0.242 e. The highest BCUT2D eigenvalue weighted by atomic mass is 16.2. The van der Waals surface area contributed by atoms with Crippen LogP contribution in [-0.2, 0) is 4.79 Å². The van der Waals surface area contributed by atoms with Crippen molar-refractivity contribution in [2.45, 2.75) is 44.7 Å². The second-order valence-corrected chi connectivity index (χ2v) is 5.24. The Morgan fingerprint density at radius 3 is 2.31 bits per heavy atom. The normalized spacial score (nSPS) is 26.6. The Morgan fingerprint density at radius 1 is 1.31 bits per heavy atom. The van der Waals surface area contributed by atoms with Crippen LogP contribution in [0, 0.1) is 0 Å². The van der Waals surface area contributed by atoms with Gasteiger partial charge in [-0.05, 0) is 26.2 Å². The highest BCUT2D eigenvalue weighted by molar-refractivity contribution is 5.89. The van der Waals surface area contributed by atoms with Crippen LogP contribution < -0.4 is 5.73 Å². The van der Waals surface area contributed by atoms with E-state index in [9.17, 15) is 4.79 Å². The van der Waals surface area contributed by atoms with Crippen LogP contribution in [-0.4, -0.2) is 53.5 Å². The van der Waals surface area contributed by atoms with E-state index in [4.69, 9.17) is 5.73 Å². The number of hydrogen-bond acceptors (Lipinski definition) is 3. The quantitative estimate of drug-likeness (QED) is 0.757. The van der Waals surface area contributed by atoms with Crippen molar-refractivity contribution in [2.75, 3.05) is 26.2 Å². The van der Waals surface area contributed by atoms with Crippen LogP contribution in [0.2, 0.25) is 0 Å². The fraction of sp³-hybridized carbons (Fsp3) is 0.917. The number of amides is 1. The average molecular weight is 225 g/mol. The molecule has 2 fully saturated rings. The largest absolute Gasteiger partial charge is 0.339 e. The van der Waals surface area contributed by atoms with Gasteiger partial charge in [-0.25, -0.2) is 0 Å². The molecule has 16 heavy (non-hydrogen) atoms. The summed E-state index contributed by atoms with van der Waals surface area (Å²) in [7, 11) is 0. The Labute approximate surface area is 97.8 Å². The van der Waals surface area contributed by atoms with Crippen LogP contribution in [0.15, 0.2) is 0 Å². The lowest BCUT2D eigenvalue weighted by atomic mass is 10.1. The van der Waals surface area contributed by atoms with E-state index >= 15 is 0 Å². The van der Waals surface area contributed by atoms with Gasteiger partial charge in [-0.2, -0.15) is 0 Å². The van der Waals surface area contributed by atoms with Gasteiger partial charge in [-0.1, -0.05) is 6.92 Å². The van der Waals surface area contributed by atoms with Crippen molar-refractivity contribution in [1.29, 1.82) is 0 Å². The molecule has 1 aliphatic carbocycles. The molecule has 0 bridgehead atoms. The monoisotopic (exact) mass is 225 g/mol. The van der Waals surface area contributed by atoms with E-state index in [0.717, 1.165) is 39.0 Å². The molecule has 1 saturated carbocycles. The summed E-state index contributed by atoms with van der Waals surface area (Å²) < 4.78 is 0.